The van der Waals surface area contributed by atoms with E-state index in [9.17, 15) is 10.2 Å². The van der Waals surface area contributed by atoms with Crippen LogP contribution in [0.3, 0.4) is 0 Å². The molecule has 0 fully saturated rings. The largest absolute Gasteiger partial charge is 0.394 e. The fourth-order valence-electron chi connectivity index (χ4n) is 10.0. The minimum absolute atomic E-state index is 0.0469. The van der Waals surface area contributed by atoms with Gasteiger partial charge in [-0.05, 0) is 25.7 Å². The molecule has 0 aromatic rings. The van der Waals surface area contributed by atoms with Crippen molar-refractivity contribution in [1.29, 1.82) is 0 Å². The standard InChI is InChI=1S/C56H114O3/c1-5-9-13-17-21-25-29-33-37-41-45-49-55(58,50-46-42-38-34-30-26-22-18-14-10-6-2)56(59-54-53-57,51-47-43-39-35-31-27-23-19-15-11-7-3)52-48-44-40-36-32-28-24-20-16-12-8-4/h57-58H,5-54H2,1-4H3. The Bertz CT molecular complexity index is 714. The first-order chi connectivity index (χ1) is 29.1. The summed E-state index contributed by atoms with van der Waals surface area (Å²) in [5.74, 6) is 0. The number of hydrogen-bond acceptors (Lipinski definition) is 3. The van der Waals surface area contributed by atoms with E-state index in [1.165, 1.54) is 257 Å². The van der Waals surface area contributed by atoms with Crippen LogP contribution in [0.4, 0.5) is 0 Å². The van der Waals surface area contributed by atoms with Crippen LogP contribution in [0.5, 0.6) is 0 Å². The van der Waals surface area contributed by atoms with Crippen molar-refractivity contribution < 1.29 is 14.9 Å². The summed E-state index contributed by atoms with van der Waals surface area (Å²) in [5, 5.41) is 23.3. The van der Waals surface area contributed by atoms with Gasteiger partial charge in [-0.2, -0.15) is 0 Å². The predicted molar refractivity (Wildman–Crippen MR) is 265 cm³/mol. The lowest BCUT2D eigenvalue weighted by molar-refractivity contribution is -0.205. The van der Waals surface area contributed by atoms with Crippen molar-refractivity contribution in [3.63, 3.8) is 0 Å². The maximum Gasteiger partial charge on any atom is 0.0969 e. The predicted octanol–water partition coefficient (Wildman–Crippen LogP) is 19.3. The summed E-state index contributed by atoms with van der Waals surface area (Å²) >= 11 is 0. The lowest BCUT2D eigenvalue weighted by atomic mass is 9.70. The smallest absolute Gasteiger partial charge is 0.0969 e. The summed E-state index contributed by atoms with van der Waals surface area (Å²) in [6.45, 7) is 9.62. The molecule has 356 valence electrons. The van der Waals surface area contributed by atoms with Gasteiger partial charge < -0.3 is 14.9 Å². The Hall–Kier alpha value is -0.120. The van der Waals surface area contributed by atoms with Crippen molar-refractivity contribution in [2.75, 3.05) is 13.2 Å². The van der Waals surface area contributed by atoms with Gasteiger partial charge in [0.25, 0.3) is 0 Å². The van der Waals surface area contributed by atoms with E-state index in [2.05, 4.69) is 27.7 Å². The van der Waals surface area contributed by atoms with Crippen LogP contribution in [0.25, 0.3) is 0 Å². The molecule has 0 aliphatic carbocycles. The lowest BCUT2D eigenvalue weighted by Crippen LogP contribution is -2.56. The molecule has 0 rings (SSSR count). The zero-order chi connectivity index (χ0) is 43.1. The van der Waals surface area contributed by atoms with Gasteiger partial charge in [0, 0.05) is 0 Å². The molecule has 0 amide bonds. The zero-order valence-electron chi connectivity index (χ0n) is 41.7. The third-order valence-corrected chi connectivity index (χ3v) is 14.1. The summed E-state index contributed by atoms with van der Waals surface area (Å²) in [6, 6.07) is 0. The van der Waals surface area contributed by atoms with Crippen molar-refractivity contribution in [3.8, 4) is 0 Å². The van der Waals surface area contributed by atoms with Gasteiger partial charge in [0.2, 0.25) is 0 Å². The molecule has 0 radical (unpaired) electrons. The Balaban J connectivity index is 5.56. The Labute approximate surface area is 374 Å². The third-order valence-electron chi connectivity index (χ3n) is 14.1. The van der Waals surface area contributed by atoms with E-state index in [4.69, 9.17) is 4.74 Å². The molecule has 0 saturated heterocycles. The molecule has 2 N–H and O–H groups in total. The molecule has 0 bridgehead atoms. The fraction of sp³-hybridized carbons (Fsp3) is 1.00. The topological polar surface area (TPSA) is 49.7 Å². The average Bonchev–Trinajstić information content (AvgIpc) is 3.24. The normalized spacial score (nSPS) is 12.3. The molecule has 3 heteroatoms. The quantitative estimate of drug-likeness (QED) is 0.0600. The Morgan fingerprint density at radius 1 is 0.271 bits per heavy atom. The first-order valence-corrected chi connectivity index (χ1v) is 28.0. The minimum Gasteiger partial charge on any atom is -0.394 e. The highest BCUT2D eigenvalue weighted by atomic mass is 16.5. The van der Waals surface area contributed by atoms with Crippen LogP contribution in [-0.2, 0) is 4.74 Å². The number of hydrogen-bond donors (Lipinski definition) is 2. The summed E-state index contributed by atoms with van der Waals surface area (Å²) in [6.07, 6.45) is 62.5. The number of aliphatic hydroxyl groups is 2. The van der Waals surface area contributed by atoms with Gasteiger partial charge in [0.1, 0.15) is 0 Å². The van der Waals surface area contributed by atoms with Crippen LogP contribution in [-0.4, -0.2) is 34.6 Å². The number of rotatable bonds is 52. The number of ether oxygens (including phenoxy) is 1. The van der Waals surface area contributed by atoms with Gasteiger partial charge >= 0.3 is 0 Å². The van der Waals surface area contributed by atoms with Crippen molar-refractivity contribution in [2.45, 2.75) is 347 Å². The number of unbranched alkanes of at least 4 members (excludes halogenated alkanes) is 40. The Morgan fingerprint density at radius 3 is 0.661 bits per heavy atom. The van der Waals surface area contributed by atoms with Crippen LogP contribution < -0.4 is 0 Å². The third kappa shape index (κ3) is 37.0. The SMILES string of the molecule is CCCCCCCCCCCCCC(O)(CCCCCCCCCCCCC)C(CCCCCCCCCCCCC)(CCCCCCCCCCCCC)OCCO. The van der Waals surface area contributed by atoms with Crippen molar-refractivity contribution in [3.05, 3.63) is 0 Å². The average molecular weight is 836 g/mol. The monoisotopic (exact) mass is 835 g/mol. The molecule has 0 saturated carbocycles. The highest BCUT2D eigenvalue weighted by molar-refractivity contribution is 5.01. The van der Waals surface area contributed by atoms with Gasteiger partial charge in [-0.15, -0.1) is 0 Å². The summed E-state index contributed by atoms with van der Waals surface area (Å²) in [7, 11) is 0. The van der Waals surface area contributed by atoms with Gasteiger partial charge in [-0.3, -0.25) is 0 Å². The van der Waals surface area contributed by atoms with E-state index in [0.29, 0.717) is 6.61 Å². The molecule has 0 spiro atoms. The van der Waals surface area contributed by atoms with E-state index >= 15 is 0 Å². The van der Waals surface area contributed by atoms with Crippen LogP contribution in [0.15, 0.2) is 0 Å². The molecule has 0 atom stereocenters. The first kappa shape index (κ1) is 58.9. The van der Waals surface area contributed by atoms with E-state index in [-0.39, 0.29) is 6.61 Å². The van der Waals surface area contributed by atoms with Crippen molar-refractivity contribution in [1.82, 2.24) is 0 Å². The summed E-state index contributed by atoms with van der Waals surface area (Å²) < 4.78 is 6.93. The maximum atomic E-state index is 13.2. The molecule has 59 heavy (non-hydrogen) atoms. The van der Waals surface area contributed by atoms with Crippen LogP contribution in [0.1, 0.15) is 336 Å². The highest BCUT2D eigenvalue weighted by Crippen LogP contribution is 2.44. The maximum absolute atomic E-state index is 13.2. The van der Waals surface area contributed by atoms with Crippen molar-refractivity contribution >= 4 is 0 Å². The van der Waals surface area contributed by atoms with Crippen LogP contribution >= 0.6 is 0 Å². The first-order valence-electron chi connectivity index (χ1n) is 28.0. The van der Waals surface area contributed by atoms with Gasteiger partial charge in [0.05, 0.1) is 24.4 Å². The number of aliphatic hydroxyl groups excluding tert-OH is 1. The van der Waals surface area contributed by atoms with E-state index in [1.807, 2.05) is 0 Å². The second-order valence-electron chi connectivity index (χ2n) is 19.7. The molecule has 0 heterocycles. The Kier molecular flexibility index (Phi) is 47.3. The minimum atomic E-state index is -0.808. The second-order valence-corrected chi connectivity index (χ2v) is 19.7. The second kappa shape index (κ2) is 47.4. The lowest BCUT2D eigenvalue weighted by Gasteiger charge is -2.48. The fourth-order valence-corrected chi connectivity index (χ4v) is 10.0. The molecule has 0 aromatic carbocycles. The molecule has 0 aliphatic rings. The molecule has 3 nitrogen and oxygen atoms in total. The van der Waals surface area contributed by atoms with E-state index in [1.54, 1.807) is 0 Å². The van der Waals surface area contributed by atoms with Crippen LogP contribution in [0.2, 0.25) is 0 Å². The molecular weight excluding hydrogens is 721 g/mol. The molecular formula is C56H114O3. The molecule has 0 aliphatic heterocycles. The van der Waals surface area contributed by atoms with Gasteiger partial charge in [0.15, 0.2) is 0 Å². The van der Waals surface area contributed by atoms with Crippen molar-refractivity contribution in [2.24, 2.45) is 0 Å². The van der Waals surface area contributed by atoms with E-state index in [0.717, 1.165) is 51.4 Å². The van der Waals surface area contributed by atoms with Gasteiger partial charge in [-0.25, -0.2) is 0 Å². The van der Waals surface area contributed by atoms with E-state index < -0.39 is 11.2 Å². The molecule has 0 aromatic heterocycles. The summed E-state index contributed by atoms with van der Waals surface area (Å²) in [5.41, 5.74) is -1.34. The van der Waals surface area contributed by atoms with Gasteiger partial charge in [-0.1, -0.05) is 310 Å². The van der Waals surface area contributed by atoms with Crippen LogP contribution in [0, 0.1) is 0 Å². The Morgan fingerprint density at radius 2 is 0.458 bits per heavy atom. The zero-order valence-corrected chi connectivity index (χ0v) is 41.7. The summed E-state index contributed by atoms with van der Waals surface area (Å²) in [4.78, 5) is 0. The highest BCUT2D eigenvalue weighted by Gasteiger charge is 2.49. The molecule has 0 unspecified atom stereocenters.